The van der Waals surface area contributed by atoms with Crippen molar-refractivity contribution in [2.24, 2.45) is 5.92 Å². The third kappa shape index (κ3) is 3.13. The lowest BCUT2D eigenvalue weighted by molar-refractivity contribution is 0.0973. The molecule has 0 bridgehead atoms. The van der Waals surface area contributed by atoms with Crippen molar-refractivity contribution < 1.29 is 9.18 Å². The zero-order valence-electron chi connectivity index (χ0n) is 10.1. The quantitative estimate of drug-likeness (QED) is 0.813. The van der Waals surface area contributed by atoms with Gasteiger partial charge in [0.05, 0.1) is 0 Å². The number of ketones is 1. The molecule has 0 amide bonds. The Labute approximate surface area is 101 Å². The number of carbonyl (C=O) groups excluding carboxylic acids is 1. The van der Waals surface area contributed by atoms with Gasteiger partial charge in [-0.3, -0.25) is 4.79 Å². The van der Waals surface area contributed by atoms with Gasteiger partial charge in [-0.2, -0.15) is 0 Å². The maximum absolute atomic E-state index is 13.1. The third-order valence-electron chi connectivity index (χ3n) is 3.44. The smallest absolute Gasteiger partial charge is 0.163 e. The van der Waals surface area contributed by atoms with E-state index in [-0.39, 0.29) is 11.6 Å². The maximum atomic E-state index is 13.1. The first-order chi connectivity index (χ1) is 8.16. The van der Waals surface area contributed by atoms with Gasteiger partial charge in [-0.15, -0.1) is 0 Å². The minimum atomic E-state index is -0.332. The normalized spacial score (nSPS) is 19.5. The van der Waals surface area contributed by atoms with Crippen LogP contribution in [0, 0.1) is 18.7 Å². The Balaban J connectivity index is 1.96. The van der Waals surface area contributed by atoms with Gasteiger partial charge in [-0.1, -0.05) is 6.07 Å². The van der Waals surface area contributed by atoms with Crippen LogP contribution in [0.5, 0.6) is 0 Å². The van der Waals surface area contributed by atoms with E-state index in [1.165, 1.54) is 12.1 Å². The van der Waals surface area contributed by atoms with E-state index >= 15 is 0 Å². The van der Waals surface area contributed by atoms with Crippen LogP contribution in [0.15, 0.2) is 18.2 Å². The van der Waals surface area contributed by atoms with Gasteiger partial charge in [-0.25, -0.2) is 4.39 Å². The molecule has 0 aliphatic carbocycles. The average Bonchev–Trinajstić information content (AvgIpc) is 2.82. The Bertz CT molecular complexity index is 411. The fourth-order valence-corrected chi connectivity index (χ4v) is 2.33. The molecule has 92 valence electrons. The van der Waals surface area contributed by atoms with E-state index in [1.54, 1.807) is 6.07 Å². The van der Waals surface area contributed by atoms with E-state index in [4.69, 9.17) is 0 Å². The molecule has 0 saturated carbocycles. The van der Waals surface area contributed by atoms with Crippen molar-refractivity contribution in [3.63, 3.8) is 0 Å². The van der Waals surface area contributed by atoms with Crippen molar-refractivity contribution in [3.05, 3.63) is 35.1 Å². The van der Waals surface area contributed by atoms with E-state index in [2.05, 4.69) is 5.32 Å². The van der Waals surface area contributed by atoms with Gasteiger partial charge in [0.1, 0.15) is 5.82 Å². The monoisotopic (exact) mass is 235 g/mol. The van der Waals surface area contributed by atoms with Crippen LogP contribution in [-0.4, -0.2) is 18.9 Å². The number of halogens is 1. The largest absolute Gasteiger partial charge is 0.316 e. The summed E-state index contributed by atoms with van der Waals surface area (Å²) >= 11 is 0. The number of benzene rings is 1. The van der Waals surface area contributed by atoms with Crippen molar-refractivity contribution in [1.82, 2.24) is 5.32 Å². The molecule has 1 unspecified atom stereocenters. The Hall–Kier alpha value is -1.22. The molecular formula is C14H18FNO. The molecule has 1 atom stereocenters. The first-order valence-corrected chi connectivity index (χ1v) is 6.17. The molecule has 1 aromatic rings. The molecule has 0 spiro atoms. The zero-order chi connectivity index (χ0) is 12.3. The van der Waals surface area contributed by atoms with E-state index < -0.39 is 0 Å². The van der Waals surface area contributed by atoms with Gasteiger partial charge in [0, 0.05) is 12.0 Å². The lowest BCUT2D eigenvalue weighted by atomic mass is 9.96. The van der Waals surface area contributed by atoms with Gasteiger partial charge in [0.15, 0.2) is 5.78 Å². The van der Waals surface area contributed by atoms with Crippen molar-refractivity contribution in [3.8, 4) is 0 Å². The minimum Gasteiger partial charge on any atom is -0.316 e. The molecule has 1 aromatic carbocycles. The predicted octanol–water partition coefficient (Wildman–Crippen LogP) is 2.71. The highest BCUT2D eigenvalue weighted by Gasteiger charge is 2.17. The highest BCUT2D eigenvalue weighted by Crippen LogP contribution is 2.18. The number of hydrogen-bond donors (Lipinski definition) is 1. The predicted molar refractivity (Wildman–Crippen MR) is 65.7 cm³/mol. The second-order valence-electron chi connectivity index (χ2n) is 4.78. The van der Waals surface area contributed by atoms with Crippen LogP contribution < -0.4 is 5.32 Å². The van der Waals surface area contributed by atoms with E-state index in [0.717, 1.165) is 31.5 Å². The minimum absolute atomic E-state index is 0.0638. The van der Waals surface area contributed by atoms with Crippen LogP contribution in [0.2, 0.25) is 0 Å². The van der Waals surface area contributed by atoms with Gasteiger partial charge >= 0.3 is 0 Å². The highest BCUT2D eigenvalue weighted by molar-refractivity contribution is 5.97. The molecule has 1 fully saturated rings. The van der Waals surface area contributed by atoms with Crippen molar-refractivity contribution >= 4 is 5.78 Å². The number of rotatable bonds is 4. The Kier molecular flexibility index (Phi) is 3.89. The highest BCUT2D eigenvalue weighted by atomic mass is 19.1. The van der Waals surface area contributed by atoms with Crippen LogP contribution in [0.4, 0.5) is 4.39 Å². The summed E-state index contributed by atoms with van der Waals surface area (Å²) < 4.78 is 13.1. The van der Waals surface area contributed by atoms with Crippen LogP contribution in [0.25, 0.3) is 0 Å². The third-order valence-corrected chi connectivity index (χ3v) is 3.44. The number of carbonyl (C=O) groups is 1. The number of Topliss-reactive ketones (excluding diaryl/α,β-unsaturated/α-hetero) is 1. The fourth-order valence-electron chi connectivity index (χ4n) is 2.33. The number of nitrogens with one attached hydrogen (secondary N) is 1. The van der Waals surface area contributed by atoms with E-state index in [1.807, 2.05) is 6.92 Å². The Morgan fingerprint density at radius 3 is 3.06 bits per heavy atom. The van der Waals surface area contributed by atoms with Gasteiger partial charge in [0.25, 0.3) is 0 Å². The molecule has 2 rings (SSSR count). The molecular weight excluding hydrogens is 217 g/mol. The molecule has 1 saturated heterocycles. The molecule has 1 N–H and O–H groups in total. The van der Waals surface area contributed by atoms with Crippen LogP contribution in [-0.2, 0) is 0 Å². The first kappa shape index (κ1) is 12.2. The molecule has 0 aromatic heterocycles. The first-order valence-electron chi connectivity index (χ1n) is 6.17. The second-order valence-corrected chi connectivity index (χ2v) is 4.78. The van der Waals surface area contributed by atoms with Crippen LogP contribution in [0.3, 0.4) is 0 Å². The maximum Gasteiger partial charge on any atom is 0.163 e. The summed E-state index contributed by atoms with van der Waals surface area (Å²) in [4.78, 5) is 12.0. The number of aryl methyl sites for hydroxylation is 1. The summed E-state index contributed by atoms with van der Waals surface area (Å²) in [5.41, 5.74) is 1.40. The number of hydrogen-bond acceptors (Lipinski definition) is 2. The second kappa shape index (κ2) is 5.41. The lowest BCUT2D eigenvalue weighted by Crippen LogP contribution is -2.11. The fraction of sp³-hybridized carbons (Fsp3) is 0.500. The SMILES string of the molecule is Cc1ccc(F)cc1C(=O)CCC1CCNC1. The topological polar surface area (TPSA) is 29.1 Å². The molecule has 3 heteroatoms. The van der Waals surface area contributed by atoms with Gasteiger partial charge in [-0.05, 0) is 56.5 Å². The summed E-state index contributed by atoms with van der Waals surface area (Å²) in [7, 11) is 0. The lowest BCUT2D eigenvalue weighted by Gasteiger charge is -2.08. The van der Waals surface area contributed by atoms with Crippen LogP contribution in [0.1, 0.15) is 35.2 Å². The molecule has 1 heterocycles. The summed E-state index contributed by atoms with van der Waals surface area (Å²) in [6, 6.07) is 4.41. The van der Waals surface area contributed by atoms with E-state index in [9.17, 15) is 9.18 Å². The summed E-state index contributed by atoms with van der Waals surface area (Å²) in [5.74, 6) is 0.336. The van der Waals surface area contributed by atoms with Gasteiger partial charge < -0.3 is 5.32 Å². The molecule has 2 nitrogen and oxygen atoms in total. The summed E-state index contributed by atoms with van der Waals surface area (Å²) in [5, 5.41) is 3.29. The average molecular weight is 235 g/mol. The summed E-state index contributed by atoms with van der Waals surface area (Å²) in [6.45, 7) is 3.91. The molecule has 17 heavy (non-hydrogen) atoms. The Morgan fingerprint density at radius 1 is 1.53 bits per heavy atom. The van der Waals surface area contributed by atoms with Gasteiger partial charge in [0.2, 0.25) is 0 Å². The molecule has 1 aliphatic heterocycles. The standard InChI is InChI=1S/C14H18FNO/c1-10-2-4-12(15)8-13(10)14(17)5-3-11-6-7-16-9-11/h2,4,8,11,16H,3,5-7,9H2,1H3. The van der Waals surface area contributed by atoms with E-state index in [0.29, 0.717) is 17.9 Å². The van der Waals surface area contributed by atoms with Crippen molar-refractivity contribution in [2.75, 3.05) is 13.1 Å². The Morgan fingerprint density at radius 2 is 2.35 bits per heavy atom. The summed E-state index contributed by atoms with van der Waals surface area (Å²) in [6.07, 6.45) is 2.58. The van der Waals surface area contributed by atoms with Crippen LogP contribution >= 0.6 is 0 Å². The van der Waals surface area contributed by atoms with Crippen molar-refractivity contribution in [1.29, 1.82) is 0 Å². The zero-order valence-corrected chi connectivity index (χ0v) is 10.1. The molecule has 1 aliphatic rings. The van der Waals surface area contributed by atoms with Crippen molar-refractivity contribution in [2.45, 2.75) is 26.2 Å². The molecule has 0 radical (unpaired) electrons.